The molecule has 24 heavy (non-hydrogen) atoms. The minimum Gasteiger partial charge on any atom is -0.364 e. The number of aliphatic imine (C=N–C) groups is 1. The maximum Gasteiger partial charge on any atom is 0.223 e. The molecule has 9 nitrogen and oxygen atoms in total. The fraction of sp³-hybridized carbons (Fsp3) is 0.600. The van der Waals surface area contributed by atoms with E-state index in [0.717, 1.165) is 50.9 Å². The summed E-state index contributed by atoms with van der Waals surface area (Å²) in [6, 6.07) is 1.91. The number of hydrogen-bond donors (Lipinski definition) is 1. The molecule has 0 spiro atoms. The molecule has 130 valence electrons. The average molecular weight is 333 g/mol. The molecule has 9 heteroatoms. The van der Waals surface area contributed by atoms with Gasteiger partial charge < -0.3 is 19.3 Å². The Kier molecular flexibility index (Phi) is 5.42. The van der Waals surface area contributed by atoms with E-state index in [1.807, 2.05) is 6.07 Å². The van der Waals surface area contributed by atoms with Crippen molar-refractivity contribution >= 4 is 5.96 Å². The minimum atomic E-state index is 0.416. The summed E-state index contributed by atoms with van der Waals surface area (Å²) in [7, 11) is 0. The van der Waals surface area contributed by atoms with E-state index in [1.165, 1.54) is 0 Å². The average Bonchev–Trinajstić information content (AvgIpc) is 3.24. The van der Waals surface area contributed by atoms with Crippen LogP contribution in [0.4, 0.5) is 0 Å². The summed E-state index contributed by atoms with van der Waals surface area (Å²) >= 11 is 0. The van der Waals surface area contributed by atoms with Gasteiger partial charge in [0.25, 0.3) is 0 Å². The lowest BCUT2D eigenvalue weighted by molar-refractivity contribution is 0.169. The number of aryl methyl sites for hydroxylation is 1. The summed E-state index contributed by atoms with van der Waals surface area (Å²) in [5.74, 6) is 2.06. The van der Waals surface area contributed by atoms with Crippen molar-refractivity contribution in [2.24, 2.45) is 4.99 Å². The second-order valence-electron chi connectivity index (χ2n) is 5.65. The van der Waals surface area contributed by atoms with Gasteiger partial charge in [0.1, 0.15) is 12.8 Å². The molecular formula is C15H23N7O2. The van der Waals surface area contributed by atoms with Crippen LogP contribution < -0.4 is 5.32 Å². The lowest BCUT2D eigenvalue weighted by Gasteiger charge is -2.36. The van der Waals surface area contributed by atoms with E-state index in [4.69, 9.17) is 9.05 Å². The van der Waals surface area contributed by atoms with Crippen LogP contribution in [0.15, 0.2) is 26.4 Å². The van der Waals surface area contributed by atoms with Crippen molar-refractivity contribution in [3.8, 4) is 0 Å². The van der Waals surface area contributed by atoms with Gasteiger partial charge in [-0.1, -0.05) is 10.3 Å². The summed E-state index contributed by atoms with van der Waals surface area (Å²) < 4.78 is 9.87. The van der Waals surface area contributed by atoms with Crippen LogP contribution in [-0.4, -0.2) is 63.8 Å². The molecule has 0 unspecified atom stereocenters. The van der Waals surface area contributed by atoms with E-state index in [9.17, 15) is 0 Å². The number of guanidine groups is 1. The van der Waals surface area contributed by atoms with E-state index >= 15 is 0 Å². The summed E-state index contributed by atoms with van der Waals surface area (Å²) in [5, 5.41) is 11.2. The molecule has 0 bridgehead atoms. The molecule has 1 aliphatic rings. The third-order valence-corrected chi connectivity index (χ3v) is 3.82. The summed E-state index contributed by atoms with van der Waals surface area (Å²) in [6.45, 7) is 9.64. The van der Waals surface area contributed by atoms with Crippen LogP contribution >= 0.6 is 0 Å². The Morgan fingerprint density at radius 1 is 1.29 bits per heavy atom. The lowest BCUT2D eigenvalue weighted by Crippen LogP contribution is -2.52. The monoisotopic (exact) mass is 333 g/mol. The number of nitrogens with one attached hydrogen (secondary N) is 1. The van der Waals surface area contributed by atoms with Crippen molar-refractivity contribution in [1.29, 1.82) is 0 Å². The molecule has 1 N–H and O–H groups in total. The highest BCUT2D eigenvalue weighted by molar-refractivity contribution is 5.80. The van der Waals surface area contributed by atoms with Gasteiger partial charge in [-0.2, -0.15) is 4.98 Å². The molecule has 3 heterocycles. The standard InChI is InChI=1S/C15H23N7O2/c1-3-16-15(17-10-14-18-12(2)24-20-14)22-7-5-21(6-8-22)11-13-4-9-23-19-13/h4,9H,3,5-8,10-11H2,1-2H3,(H,16,17). The third-order valence-electron chi connectivity index (χ3n) is 3.82. The molecule has 0 atom stereocenters. The maximum atomic E-state index is 4.98. The molecule has 0 aliphatic carbocycles. The third kappa shape index (κ3) is 4.31. The molecule has 0 aromatic carbocycles. The van der Waals surface area contributed by atoms with Crippen molar-refractivity contribution in [2.75, 3.05) is 32.7 Å². The fourth-order valence-corrected chi connectivity index (χ4v) is 2.64. The van der Waals surface area contributed by atoms with E-state index in [-0.39, 0.29) is 0 Å². The van der Waals surface area contributed by atoms with Crippen LogP contribution in [0.1, 0.15) is 24.3 Å². The van der Waals surface area contributed by atoms with Crippen molar-refractivity contribution < 1.29 is 9.05 Å². The second-order valence-corrected chi connectivity index (χ2v) is 5.65. The predicted molar refractivity (Wildman–Crippen MR) is 87.2 cm³/mol. The normalized spacial score (nSPS) is 16.6. The summed E-state index contributed by atoms with van der Waals surface area (Å²) in [6.07, 6.45) is 1.61. The van der Waals surface area contributed by atoms with Crippen LogP contribution in [0.2, 0.25) is 0 Å². The smallest absolute Gasteiger partial charge is 0.223 e. The summed E-state index contributed by atoms with van der Waals surface area (Å²) in [4.78, 5) is 13.4. The first-order valence-electron chi connectivity index (χ1n) is 8.18. The van der Waals surface area contributed by atoms with Crippen molar-refractivity contribution in [2.45, 2.75) is 26.9 Å². The van der Waals surface area contributed by atoms with Crippen LogP contribution in [-0.2, 0) is 13.1 Å². The summed E-state index contributed by atoms with van der Waals surface area (Å²) in [5.41, 5.74) is 0.969. The zero-order valence-corrected chi connectivity index (χ0v) is 14.1. The van der Waals surface area contributed by atoms with Crippen LogP contribution in [0, 0.1) is 6.92 Å². The van der Waals surface area contributed by atoms with Gasteiger partial charge in [0, 0.05) is 52.3 Å². The van der Waals surface area contributed by atoms with Crippen LogP contribution in [0.3, 0.4) is 0 Å². The van der Waals surface area contributed by atoms with Gasteiger partial charge in [0.15, 0.2) is 11.8 Å². The van der Waals surface area contributed by atoms with Gasteiger partial charge in [-0.05, 0) is 6.92 Å². The number of nitrogens with zero attached hydrogens (tertiary/aromatic N) is 6. The zero-order chi connectivity index (χ0) is 16.8. The first-order chi connectivity index (χ1) is 11.7. The van der Waals surface area contributed by atoms with Crippen molar-refractivity contribution in [3.05, 3.63) is 29.7 Å². The Morgan fingerprint density at radius 3 is 2.75 bits per heavy atom. The van der Waals surface area contributed by atoms with Crippen molar-refractivity contribution in [3.63, 3.8) is 0 Å². The van der Waals surface area contributed by atoms with E-state index in [2.05, 4.69) is 42.3 Å². The van der Waals surface area contributed by atoms with Gasteiger partial charge >= 0.3 is 0 Å². The first-order valence-corrected chi connectivity index (χ1v) is 8.18. The van der Waals surface area contributed by atoms with Crippen LogP contribution in [0.5, 0.6) is 0 Å². The highest BCUT2D eigenvalue weighted by atomic mass is 16.5. The fourth-order valence-electron chi connectivity index (χ4n) is 2.64. The number of aromatic nitrogens is 3. The zero-order valence-electron chi connectivity index (χ0n) is 14.1. The second kappa shape index (κ2) is 7.91. The minimum absolute atomic E-state index is 0.416. The Hall–Kier alpha value is -2.42. The Balaban J connectivity index is 1.54. The topological polar surface area (TPSA) is 95.8 Å². The molecule has 1 aliphatic heterocycles. The molecule has 1 fully saturated rings. The largest absolute Gasteiger partial charge is 0.364 e. The maximum absolute atomic E-state index is 4.98. The molecule has 1 saturated heterocycles. The van der Waals surface area contributed by atoms with Gasteiger partial charge in [-0.3, -0.25) is 4.90 Å². The van der Waals surface area contributed by atoms with Gasteiger partial charge in [-0.15, -0.1) is 0 Å². The highest BCUT2D eigenvalue weighted by Gasteiger charge is 2.20. The van der Waals surface area contributed by atoms with E-state index in [1.54, 1.807) is 13.2 Å². The molecule has 2 aromatic heterocycles. The lowest BCUT2D eigenvalue weighted by atomic mass is 10.3. The Morgan fingerprint density at radius 2 is 2.12 bits per heavy atom. The predicted octanol–water partition coefficient (Wildman–Crippen LogP) is 0.649. The highest BCUT2D eigenvalue weighted by Crippen LogP contribution is 2.08. The molecule has 0 amide bonds. The molecule has 2 aromatic rings. The van der Waals surface area contributed by atoms with Gasteiger partial charge in [-0.25, -0.2) is 4.99 Å². The Bertz CT molecular complexity index is 645. The number of piperazine rings is 1. The SMILES string of the molecule is CCNC(=NCc1noc(C)n1)N1CCN(Cc2ccon2)CC1. The van der Waals surface area contributed by atoms with Crippen LogP contribution in [0.25, 0.3) is 0 Å². The molecule has 0 saturated carbocycles. The van der Waals surface area contributed by atoms with E-state index in [0.29, 0.717) is 18.3 Å². The van der Waals surface area contributed by atoms with Gasteiger partial charge in [0.05, 0.1) is 5.69 Å². The molecular weight excluding hydrogens is 310 g/mol. The number of rotatable bonds is 5. The Labute approximate surface area is 140 Å². The molecule has 0 radical (unpaired) electrons. The number of hydrogen-bond acceptors (Lipinski definition) is 7. The molecule has 3 rings (SSSR count). The first kappa shape index (κ1) is 16.4. The van der Waals surface area contributed by atoms with Gasteiger partial charge in [0.2, 0.25) is 5.89 Å². The van der Waals surface area contributed by atoms with Crippen molar-refractivity contribution in [1.82, 2.24) is 30.4 Å². The quantitative estimate of drug-likeness (QED) is 0.629. The van der Waals surface area contributed by atoms with E-state index < -0.39 is 0 Å².